The molecule has 0 spiro atoms. The summed E-state index contributed by atoms with van der Waals surface area (Å²) in [4.78, 5) is 30.3. The van der Waals surface area contributed by atoms with Gasteiger partial charge in [-0.05, 0) is 37.1 Å². The van der Waals surface area contributed by atoms with Crippen LogP contribution in [0.25, 0.3) is 10.9 Å². The molecule has 7 heteroatoms. The molecule has 0 unspecified atom stereocenters. The van der Waals surface area contributed by atoms with Gasteiger partial charge in [0.1, 0.15) is 0 Å². The zero-order valence-corrected chi connectivity index (χ0v) is 15.0. The monoisotopic (exact) mass is 376 g/mol. The molecule has 0 amide bonds. The first-order valence-electron chi connectivity index (χ1n) is 7.56. The maximum atomic E-state index is 12.8. The maximum Gasteiger partial charge on any atom is 0.262 e. The van der Waals surface area contributed by atoms with Crippen molar-refractivity contribution in [3.8, 4) is 0 Å². The van der Waals surface area contributed by atoms with Crippen LogP contribution in [-0.4, -0.2) is 21.1 Å². The molecule has 4 nitrogen and oxygen atoms in total. The molecule has 0 N–H and O–H groups in total. The van der Waals surface area contributed by atoms with Gasteiger partial charge in [0, 0.05) is 6.04 Å². The van der Waals surface area contributed by atoms with E-state index in [-0.39, 0.29) is 23.1 Å². The summed E-state index contributed by atoms with van der Waals surface area (Å²) in [6.45, 7) is 0. The zero-order chi connectivity index (χ0) is 16.7. The molecule has 4 rings (SSSR count). The van der Waals surface area contributed by atoms with Crippen LogP contribution in [0.1, 0.15) is 28.6 Å². The fourth-order valence-electron chi connectivity index (χ4n) is 2.55. The number of Topliss-reactive ketones (excluding diaryl/α,β-unsaturated/α-hetero) is 1. The molecule has 122 valence electrons. The van der Waals surface area contributed by atoms with Crippen molar-refractivity contribution in [2.24, 2.45) is 0 Å². The van der Waals surface area contributed by atoms with Crippen LogP contribution in [0.5, 0.6) is 0 Å². The highest BCUT2D eigenvalue weighted by Gasteiger charge is 2.28. The molecule has 1 aliphatic rings. The summed E-state index contributed by atoms with van der Waals surface area (Å²) >= 11 is 8.48. The summed E-state index contributed by atoms with van der Waals surface area (Å²) in [5.74, 6) is 0.246. The number of carbonyl (C=O) groups excluding carboxylic acids is 1. The lowest BCUT2D eigenvalue weighted by molar-refractivity contribution is 0.102. The van der Waals surface area contributed by atoms with Gasteiger partial charge in [0.15, 0.2) is 10.9 Å². The van der Waals surface area contributed by atoms with Gasteiger partial charge >= 0.3 is 0 Å². The fourth-order valence-corrected chi connectivity index (χ4v) is 4.57. The Balaban J connectivity index is 1.67. The third-order valence-electron chi connectivity index (χ3n) is 3.87. The summed E-state index contributed by atoms with van der Waals surface area (Å²) < 4.78 is 2.35. The number of nitrogens with zero attached hydrogens (tertiary/aromatic N) is 2. The number of thioether (sulfide) groups is 1. The van der Waals surface area contributed by atoms with Crippen molar-refractivity contribution in [1.82, 2.24) is 9.55 Å². The number of para-hydroxylation sites is 1. The van der Waals surface area contributed by atoms with Gasteiger partial charge in [0.25, 0.3) is 5.56 Å². The highest BCUT2D eigenvalue weighted by molar-refractivity contribution is 7.99. The second kappa shape index (κ2) is 6.35. The van der Waals surface area contributed by atoms with E-state index >= 15 is 0 Å². The van der Waals surface area contributed by atoms with Gasteiger partial charge in [0.2, 0.25) is 0 Å². The molecule has 1 aliphatic carbocycles. The van der Waals surface area contributed by atoms with Crippen molar-refractivity contribution in [2.75, 3.05) is 5.75 Å². The highest BCUT2D eigenvalue weighted by Crippen LogP contribution is 2.37. The second-order valence-electron chi connectivity index (χ2n) is 5.63. The molecule has 0 bridgehead atoms. The molecule has 0 atom stereocenters. The number of carbonyl (C=O) groups is 1. The highest BCUT2D eigenvalue weighted by atomic mass is 35.5. The molecular formula is C17H13ClN2O2S2. The molecule has 0 radical (unpaired) electrons. The van der Waals surface area contributed by atoms with E-state index in [4.69, 9.17) is 11.6 Å². The van der Waals surface area contributed by atoms with Crippen LogP contribution >= 0.6 is 34.7 Å². The standard InChI is InChI=1S/C17H13ClN2O2S2/c18-15-8-7-14(24-15)13(21)9-23-17-19-12-4-2-1-3-11(12)16(22)20(17)10-5-6-10/h1-4,7-8,10H,5-6,9H2. The second-order valence-corrected chi connectivity index (χ2v) is 8.29. The summed E-state index contributed by atoms with van der Waals surface area (Å²) in [7, 11) is 0. The average molecular weight is 377 g/mol. The first kappa shape index (κ1) is 15.9. The van der Waals surface area contributed by atoms with E-state index < -0.39 is 0 Å². The Hall–Kier alpha value is -1.63. The van der Waals surface area contributed by atoms with Gasteiger partial charge in [-0.25, -0.2) is 4.98 Å². The molecule has 1 aromatic carbocycles. The minimum absolute atomic E-state index is 0.00153. The summed E-state index contributed by atoms with van der Waals surface area (Å²) in [6, 6.07) is 11.0. The van der Waals surface area contributed by atoms with Crippen LogP contribution in [-0.2, 0) is 0 Å². The van der Waals surface area contributed by atoms with Gasteiger partial charge in [-0.3, -0.25) is 14.2 Å². The number of halogens is 1. The minimum atomic E-state index is -0.0165. The minimum Gasteiger partial charge on any atom is -0.292 e. The molecular weight excluding hydrogens is 364 g/mol. The smallest absolute Gasteiger partial charge is 0.262 e. The first-order chi connectivity index (χ1) is 11.6. The van der Waals surface area contributed by atoms with Crippen molar-refractivity contribution in [3.63, 3.8) is 0 Å². The number of fused-ring (bicyclic) bond motifs is 1. The summed E-state index contributed by atoms with van der Waals surface area (Å²) in [5, 5.41) is 1.25. The van der Waals surface area contributed by atoms with Crippen molar-refractivity contribution in [2.45, 2.75) is 24.0 Å². The van der Waals surface area contributed by atoms with Crippen LogP contribution in [0.15, 0.2) is 46.3 Å². The van der Waals surface area contributed by atoms with E-state index in [1.165, 1.54) is 23.1 Å². The summed E-state index contributed by atoms with van der Waals surface area (Å²) in [6.07, 6.45) is 1.98. The topological polar surface area (TPSA) is 52.0 Å². The predicted molar refractivity (Wildman–Crippen MR) is 98.7 cm³/mol. The number of rotatable bonds is 5. The molecule has 0 aliphatic heterocycles. The van der Waals surface area contributed by atoms with Gasteiger partial charge < -0.3 is 0 Å². The SMILES string of the molecule is O=C(CSc1nc2ccccc2c(=O)n1C1CC1)c1ccc(Cl)s1. The third-order valence-corrected chi connectivity index (χ3v) is 6.09. The maximum absolute atomic E-state index is 12.8. The van der Waals surface area contributed by atoms with Crippen molar-refractivity contribution < 1.29 is 4.79 Å². The van der Waals surface area contributed by atoms with Crippen LogP contribution in [0.2, 0.25) is 4.34 Å². The zero-order valence-electron chi connectivity index (χ0n) is 12.6. The number of benzene rings is 1. The molecule has 1 fully saturated rings. The van der Waals surface area contributed by atoms with E-state index in [0.29, 0.717) is 25.3 Å². The van der Waals surface area contributed by atoms with Gasteiger partial charge in [-0.2, -0.15) is 0 Å². The van der Waals surface area contributed by atoms with Crippen LogP contribution < -0.4 is 5.56 Å². The van der Waals surface area contributed by atoms with Gasteiger partial charge in [-0.15, -0.1) is 11.3 Å². The Morgan fingerprint density at radius 1 is 1.29 bits per heavy atom. The van der Waals surface area contributed by atoms with Crippen molar-refractivity contribution in [1.29, 1.82) is 0 Å². The average Bonchev–Trinajstić information content (AvgIpc) is 3.32. The van der Waals surface area contributed by atoms with E-state index in [2.05, 4.69) is 4.98 Å². The van der Waals surface area contributed by atoms with E-state index in [0.717, 1.165) is 12.8 Å². The number of thiophene rings is 1. The largest absolute Gasteiger partial charge is 0.292 e. The van der Waals surface area contributed by atoms with E-state index in [1.807, 2.05) is 18.2 Å². The number of aromatic nitrogens is 2. The third kappa shape index (κ3) is 3.01. The van der Waals surface area contributed by atoms with Gasteiger partial charge in [-0.1, -0.05) is 35.5 Å². The lowest BCUT2D eigenvalue weighted by atomic mass is 10.2. The molecule has 3 aromatic rings. The number of hydrogen-bond acceptors (Lipinski definition) is 5. The van der Waals surface area contributed by atoms with Gasteiger partial charge in [0.05, 0.1) is 25.9 Å². The Bertz CT molecular complexity index is 992. The quantitative estimate of drug-likeness (QED) is 0.375. The Kier molecular flexibility index (Phi) is 4.20. The first-order valence-corrected chi connectivity index (χ1v) is 9.74. The Morgan fingerprint density at radius 3 is 2.79 bits per heavy atom. The van der Waals surface area contributed by atoms with Crippen LogP contribution in [0.3, 0.4) is 0 Å². The Labute approximate surface area is 151 Å². The molecule has 2 aromatic heterocycles. The van der Waals surface area contributed by atoms with E-state index in [9.17, 15) is 9.59 Å². The summed E-state index contributed by atoms with van der Waals surface area (Å²) in [5.41, 5.74) is 0.658. The molecule has 0 saturated heterocycles. The lowest BCUT2D eigenvalue weighted by Crippen LogP contribution is -2.22. The van der Waals surface area contributed by atoms with Crippen LogP contribution in [0, 0.1) is 0 Å². The predicted octanol–water partition coefficient (Wildman–Crippen LogP) is 4.42. The molecule has 2 heterocycles. The lowest BCUT2D eigenvalue weighted by Gasteiger charge is -2.11. The molecule has 1 saturated carbocycles. The normalized spacial score (nSPS) is 14.2. The van der Waals surface area contributed by atoms with Crippen molar-refractivity contribution >= 4 is 51.4 Å². The van der Waals surface area contributed by atoms with Crippen molar-refractivity contribution in [3.05, 3.63) is 56.0 Å². The number of hydrogen-bond donors (Lipinski definition) is 0. The van der Waals surface area contributed by atoms with Crippen LogP contribution in [0.4, 0.5) is 0 Å². The van der Waals surface area contributed by atoms with E-state index in [1.54, 1.807) is 22.8 Å². The Morgan fingerprint density at radius 2 is 2.08 bits per heavy atom. The molecule has 24 heavy (non-hydrogen) atoms. The number of ketones is 1. The fraction of sp³-hybridized carbons (Fsp3) is 0.235.